The summed E-state index contributed by atoms with van der Waals surface area (Å²) >= 11 is 0. The molecule has 1 saturated heterocycles. The lowest BCUT2D eigenvalue weighted by Crippen LogP contribution is -2.35. The molecule has 2 aromatic rings. The van der Waals surface area contributed by atoms with Gasteiger partial charge in [-0.2, -0.15) is 0 Å². The number of nitrogens with zero attached hydrogens (tertiary/aromatic N) is 1. The van der Waals surface area contributed by atoms with Gasteiger partial charge in [-0.1, -0.05) is 74.4 Å². The van der Waals surface area contributed by atoms with Crippen LogP contribution in [0.4, 0.5) is 0 Å². The van der Waals surface area contributed by atoms with Gasteiger partial charge in [-0.05, 0) is 54.6 Å². The summed E-state index contributed by atoms with van der Waals surface area (Å²) in [6.45, 7) is 6.10. The first kappa shape index (κ1) is 19.0. The number of likely N-dealkylation sites (tertiary alicyclic amines) is 1. The third-order valence-electron chi connectivity index (χ3n) is 4.99. The van der Waals surface area contributed by atoms with E-state index in [1.165, 1.54) is 68.1 Å². The summed E-state index contributed by atoms with van der Waals surface area (Å²) in [6, 6.07) is 15.3. The summed E-state index contributed by atoms with van der Waals surface area (Å²) in [5.74, 6) is 0.712. The van der Waals surface area contributed by atoms with E-state index in [0.29, 0.717) is 5.92 Å². The molecule has 1 heterocycles. The molecular formula is C22H30ClN. The van der Waals surface area contributed by atoms with Crippen LogP contribution in [0, 0.1) is 5.92 Å². The lowest BCUT2D eigenvalue weighted by molar-refractivity contribution is 0.194. The molecule has 0 amide bonds. The van der Waals surface area contributed by atoms with Gasteiger partial charge in [-0.25, -0.2) is 0 Å². The number of hydrogen-bond acceptors (Lipinski definition) is 1. The van der Waals surface area contributed by atoms with E-state index in [0.717, 1.165) is 0 Å². The molecule has 1 atom stereocenters. The Balaban J connectivity index is 0.00000208. The first-order valence-corrected chi connectivity index (χ1v) is 9.25. The van der Waals surface area contributed by atoms with E-state index in [2.05, 4.69) is 66.4 Å². The van der Waals surface area contributed by atoms with Crippen molar-refractivity contribution in [3.63, 3.8) is 0 Å². The topological polar surface area (TPSA) is 3.24 Å². The van der Waals surface area contributed by atoms with Gasteiger partial charge >= 0.3 is 0 Å². The highest BCUT2D eigenvalue weighted by atomic mass is 35.5. The van der Waals surface area contributed by atoms with Crippen LogP contribution < -0.4 is 0 Å². The van der Waals surface area contributed by atoms with Crippen molar-refractivity contribution in [2.75, 3.05) is 19.6 Å². The molecule has 1 aliphatic heterocycles. The van der Waals surface area contributed by atoms with Crippen molar-refractivity contribution in [3.8, 4) is 0 Å². The molecule has 0 aliphatic carbocycles. The standard InChI is InChI=1S/C22H29N.ClH/c1-2-3-6-16-23-17-8-9-19(18-23)14-15-21-12-7-11-20-10-4-5-13-22(20)21;/h4-5,7,10-15,19H,2-3,6,8-9,16-18H2,1H3;1H. The second kappa shape index (κ2) is 9.86. The largest absolute Gasteiger partial charge is 0.303 e. The highest BCUT2D eigenvalue weighted by molar-refractivity contribution is 5.90. The fourth-order valence-corrected chi connectivity index (χ4v) is 3.67. The summed E-state index contributed by atoms with van der Waals surface area (Å²) in [6.07, 6.45) is 11.5. The fraction of sp³-hybridized carbons (Fsp3) is 0.455. The maximum atomic E-state index is 2.66. The Morgan fingerprint density at radius 3 is 2.79 bits per heavy atom. The molecule has 3 rings (SSSR count). The Hall–Kier alpha value is -1.31. The Bertz CT molecular complexity index is 644. The molecule has 0 saturated carbocycles. The molecule has 1 aliphatic rings. The van der Waals surface area contributed by atoms with E-state index >= 15 is 0 Å². The zero-order valence-corrected chi connectivity index (χ0v) is 15.6. The Labute approximate surface area is 153 Å². The van der Waals surface area contributed by atoms with Crippen molar-refractivity contribution in [2.24, 2.45) is 5.92 Å². The maximum absolute atomic E-state index is 2.66. The van der Waals surface area contributed by atoms with Crippen LogP contribution in [0.3, 0.4) is 0 Å². The molecule has 2 heteroatoms. The normalized spacial score (nSPS) is 18.8. The van der Waals surface area contributed by atoms with Crippen molar-refractivity contribution in [2.45, 2.75) is 39.0 Å². The molecule has 0 N–H and O–H groups in total. The predicted molar refractivity (Wildman–Crippen MR) is 109 cm³/mol. The van der Waals surface area contributed by atoms with Crippen LogP contribution in [0.15, 0.2) is 48.5 Å². The van der Waals surface area contributed by atoms with E-state index in [1.807, 2.05) is 0 Å². The lowest BCUT2D eigenvalue weighted by atomic mass is 9.95. The maximum Gasteiger partial charge on any atom is 0.00444 e. The smallest absolute Gasteiger partial charge is 0.00444 e. The van der Waals surface area contributed by atoms with Gasteiger partial charge in [-0.3, -0.25) is 0 Å². The van der Waals surface area contributed by atoms with Crippen LogP contribution in [0.1, 0.15) is 44.6 Å². The molecule has 1 nitrogen and oxygen atoms in total. The van der Waals surface area contributed by atoms with Gasteiger partial charge in [0.2, 0.25) is 0 Å². The van der Waals surface area contributed by atoms with Crippen molar-refractivity contribution in [1.29, 1.82) is 0 Å². The average molecular weight is 344 g/mol. The van der Waals surface area contributed by atoms with Gasteiger partial charge in [0.1, 0.15) is 0 Å². The summed E-state index contributed by atoms with van der Waals surface area (Å²) in [4.78, 5) is 2.66. The predicted octanol–water partition coefficient (Wildman–Crippen LogP) is 6.18. The van der Waals surface area contributed by atoms with Crippen molar-refractivity contribution in [1.82, 2.24) is 4.90 Å². The van der Waals surface area contributed by atoms with Crippen LogP contribution in [-0.2, 0) is 0 Å². The Kier molecular flexibility index (Phi) is 7.81. The van der Waals surface area contributed by atoms with Gasteiger partial charge in [-0.15, -0.1) is 12.4 Å². The lowest BCUT2D eigenvalue weighted by Gasteiger charge is -2.31. The van der Waals surface area contributed by atoms with Gasteiger partial charge in [0, 0.05) is 6.54 Å². The molecular weight excluding hydrogens is 314 g/mol. The number of unbranched alkanes of at least 4 members (excludes halogenated alkanes) is 2. The average Bonchev–Trinajstić information content (AvgIpc) is 2.60. The minimum Gasteiger partial charge on any atom is -0.303 e. The van der Waals surface area contributed by atoms with Crippen LogP contribution >= 0.6 is 12.4 Å². The number of halogens is 1. The van der Waals surface area contributed by atoms with Crippen LogP contribution in [0.2, 0.25) is 0 Å². The molecule has 2 aromatic carbocycles. The van der Waals surface area contributed by atoms with E-state index in [9.17, 15) is 0 Å². The molecule has 130 valence electrons. The number of benzene rings is 2. The monoisotopic (exact) mass is 343 g/mol. The SMILES string of the molecule is CCCCCN1CCCC(C=Cc2cccc3ccccc23)C1.Cl. The molecule has 24 heavy (non-hydrogen) atoms. The van der Waals surface area contributed by atoms with Crippen molar-refractivity contribution in [3.05, 3.63) is 54.1 Å². The summed E-state index contributed by atoms with van der Waals surface area (Å²) in [5.41, 5.74) is 1.35. The van der Waals surface area contributed by atoms with Crippen LogP contribution in [0.5, 0.6) is 0 Å². The van der Waals surface area contributed by atoms with E-state index < -0.39 is 0 Å². The summed E-state index contributed by atoms with van der Waals surface area (Å²) in [5, 5.41) is 2.70. The third-order valence-corrected chi connectivity index (χ3v) is 4.99. The second-order valence-electron chi connectivity index (χ2n) is 6.84. The van der Waals surface area contributed by atoms with Crippen LogP contribution in [0.25, 0.3) is 16.8 Å². The zero-order chi connectivity index (χ0) is 15.9. The Morgan fingerprint density at radius 2 is 1.92 bits per heavy atom. The molecule has 0 bridgehead atoms. The molecule has 1 fully saturated rings. The molecule has 0 spiro atoms. The summed E-state index contributed by atoms with van der Waals surface area (Å²) < 4.78 is 0. The van der Waals surface area contributed by atoms with E-state index in [4.69, 9.17) is 0 Å². The van der Waals surface area contributed by atoms with Crippen LogP contribution in [-0.4, -0.2) is 24.5 Å². The minimum atomic E-state index is 0. The zero-order valence-electron chi connectivity index (χ0n) is 14.8. The van der Waals surface area contributed by atoms with E-state index in [1.54, 1.807) is 0 Å². The molecule has 0 aromatic heterocycles. The number of piperidine rings is 1. The highest BCUT2D eigenvalue weighted by Gasteiger charge is 2.17. The Morgan fingerprint density at radius 1 is 1.08 bits per heavy atom. The number of rotatable bonds is 6. The van der Waals surface area contributed by atoms with Crippen molar-refractivity contribution >= 4 is 29.3 Å². The quantitative estimate of drug-likeness (QED) is 0.566. The minimum absolute atomic E-state index is 0. The van der Waals surface area contributed by atoms with Gasteiger partial charge in [0.05, 0.1) is 0 Å². The molecule has 1 unspecified atom stereocenters. The highest BCUT2D eigenvalue weighted by Crippen LogP contribution is 2.23. The summed E-state index contributed by atoms with van der Waals surface area (Å²) in [7, 11) is 0. The molecule has 0 radical (unpaired) electrons. The van der Waals surface area contributed by atoms with Gasteiger partial charge in [0.15, 0.2) is 0 Å². The second-order valence-corrected chi connectivity index (χ2v) is 6.84. The fourth-order valence-electron chi connectivity index (χ4n) is 3.67. The van der Waals surface area contributed by atoms with Gasteiger partial charge in [0.25, 0.3) is 0 Å². The van der Waals surface area contributed by atoms with Crippen molar-refractivity contribution < 1.29 is 0 Å². The number of hydrogen-bond donors (Lipinski definition) is 0. The van der Waals surface area contributed by atoms with Gasteiger partial charge < -0.3 is 4.90 Å². The first-order valence-electron chi connectivity index (χ1n) is 9.25. The third kappa shape index (κ3) is 5.09. The first-order chi connectivity index (χ1) is 11.4. The number of fused-ring (bicyclic) bond motifs is 1. The van der Waals surface area contributed by atoms with E-state index in [-0.39, 0.29) is 12.4 Å².